The molecule has 1 aromatic carbocycles. The second kappa shape index (κ2) is 2.90. The third kappa shape index (κ3) is 1.39. The maximum Gasteiger partial charge on any atom is 0.307 e. The Balaban J connectivity index is 2.23. The highest BCUT2D eigenvalue weighted by Gasteiger charge is 2.45. The van der Waals surface area contributed by atoms with Gasteiger partial charge in [-0.2, -0.15) is 0 Å². The summed E-state index contributed by atoms with van der Waals surface area (Å²) in [6.07, 6.45) is 0.563. The molecule has 2 atom stereocenters. The summed E-state index contributed by atoms with van der Waals surface area (Å²) in [5.74, 6) is -1.36. The van der Waals surface area contributed by atoms with E-state index in [1.807, 2.05) is 0 Å². The summed E-state index contributed by atoms with van der Waals surface area (Å²) < 4.78 is 0. The average Bonchev–Trinajstić information content (AvgIpc) is 2.83. The van der Waals surface area contributed by atoms with E-state index in [-0.39, 0.29) is 23.3 Å². The fraction of sp³-hybridized carbons (Fsp3) is 0.300. The summed E-state index contributed by atoms with van der Waals surface area (Å²) in [6.45, 7) is 0. The highest BCUT2D eigenvalue weighted by Crippen LogP contribution is 2.50. The van der Waals surface area contributed by atoms with Crippen LogP contribution in [-0.4, -0.2) is 21.3 Å². The van der Waals surface area contributed by atoms with Crippen molar-refractivity contribution >= 4 is 5.97 Å². The fourth-order valence-corrected chi connectivity index (χ4v) is 1.66. The molecule has 0 spiro atoms. The number of phenols is 2. The van der Waals surface area contributed by atoms with Crippen LogP contribution in [0.3, 0.4) is 0 Å². The Hall–Kier alpha value is -1.71. The van der Waals surface area contributed by atoms with Crippen molar-refractivity contribution in [1.29, 1.82) is 0 Å². The molecule has 4 heteroatoms. The largest absolute Gasteiger partial charge is 0.508 e. The minimum Gasteiger partial charge on any atom is -0.508 e. The zero-order valence-electron chi connectivity index (χ0n) is 7.34. The molecule has 1 aliphatic rings. The number of hydrogen-bond donors (Lipinski definition) is 3. The van der Waals surface area contributed by atoms with Gasteiger partial charge in [0.2, 0.25) is 0 Å². The monoisotopic (exact) mass is 194 g/mol. The number of carboxylic acids is 1. The van der Waals surface area contributed by atoms with Gasteiger partial charge in [0.25, 0.3) is 0 Å². The van der Waals surface area contributed by atoms with Crippen LogP contribution in [0.2, 0.25) is 0 Å². The molecule has 3 N–H and O–H groups in total. The molecule has 0 bridgehead atoms. The minimum absolute atomic E-state index is 0.0150. The Morgan fingerprint density at radius 1 is 1.36 bits per heavy atom. The molecular weight excluding hydrogens is 184 g/mol. The summed E-state index contributed by atoms with van der Waals surface area (Å²) in [5.41, 5.74) is 0.607. The van der Waals surface area contributed by atoms with E-state index in [2.05, 4.69) is 0 Å². The van der Waals surface area contributed by atoms with E-state index in [1.54, 1.807) is 6.07 Å². The van der Waals surface area contributed by atoms with Crippen LogP contribution in [-0.2, 0) is 4.79 Å². The number of benzene rings is 1. The lowest BCUT2D eigenvalue weighted by molar-refractivity contribution is -0.138. The second-order valence-corrected chi connectivity index (χ2v) is 3.53. The smallest absolute Gasteiger partial charge is 0.307 e. The Kier molecular flexibility index (Phi) is 1.84. The van der Waals surface area contributed by atoms with Gasteiger partial charge >= 0.3 is 5.97 Å². The van der Waals surface area contributed by atoms with Crippen LogP contribution in [0.1, 0.15) is 17.9 Å². The van der Waals surface area contributed by atoms with Gasteiger partial charge in [0.1, 0.15) is 11.5 Å². The van der Waals surface area contributed by atoms with Crippen LogP contribution in [0.5, 0.6) is 11.5 Å². The summed E-state index contributed by atoms with van der Waals surface area (Å²) in [5, 5.41) is 27.2. The van der Waals surface area contributed by atoms with Crippen LogP contribution >= 0.6 is 0 Å². The van der Waals surface area contributed by atoms with Gasteiger partial charge in [-0.05, 0) is 18.1 Å². The molecule has 1 saturated carbocycles. The maximum atomic E-state index is 10.6. The number of carbonyl (C=O) groups is 1. The lowest BCUT2D eigenvalue weighted by Crippen LogP contribution is -1.98. The quantitative estimate of drug-likeness (QED) is 0.662. The molecule has 0 aliphatic heterocycles. The molecule has 0 saturated heterocycles. The number of aromatic hydroxyl groups is 2. The van der Waals surface area contributed by atoms with Gasteiger partial charge < -0.3 is 15.3 Å². The van der Waals surface area contributed by atoms with E-state index < -0.39 is 5.97 Å². The first-order valence-electron chi connectivity index (χ1n) is 4.34. The molecule has 0 radical (unpaired) electrons. The van der Waals surface area contributed by atoms with Crippen LogP contribution in [0.25, 0.3) is 0 Å². The summed E-state index contributed by atoms with van der Waals surface area (Å²) in [7, 11) is 0. The SMILES string of the molecule is O=C(O)[C@@H]1C[C@H]1c1ccc(O)cc1O. The van der Waals surface area contributed by atoms with Crippen molar-refractivity contribution in [3.05, 3.63) is 23.8 Å². The molecule has 2 rings (SSSR count). The van der Waals surface area contributed by atoms with Gasteiger partial charge in [-0.25, -0.2) is 0 Å². The van der Waals surface area contributed by atoms with Crippen LogP contribution in [0, 0.1) is 5.92 Å². The lowest BCUT2D eigenvalue weighted by Gasteiger charge is -2.02. The number of phenolic OH excluding ortho intramolecular Hbond substituents is 2. The van der Waals surface area contributed by atoms with Gasteiger partial charge in [0, 0.05) is 12.0 Å². The summed E-state index contributed by atoms with van der Waals surface area (Å²) in [6, 6.07) is 4.25. The molecule has 0 heterocycles. The standard InChI is InChI=1S/C10H10O4/c11-5-1-2-6(9(12)3-5)7-4-8(7)10(13)14/h1-3,7-8,11-12H,4H2,(H,13,14)/t7-,8+/m0/s1. The Morgan fingerprint density at radius 2 is 2.07 bits per heavy atom. The maximum absolute atomic E-state index is 10.6. The first kappa shape index (κ1) is 8.87. The van der Waals surface area contributed by atoms with Crippen LogP contribution < -0.4 is 0 Å². The normalized spacial score (nSPS) is 24.6. The molecule has 0 unspecified atom stereocenters. The molecule has 1 fully saturated rings. The minimum atomic E-state index is -0.831. The zero-order chi connectivity index (χ0) is 10.3. The molecule has 14 heavy (non-hydrogen) atoms. The van der Waals surface area contributed by atoms with Crippen molar-refractivity contribution in [1.82, 2.24) is 0 Å². The average molecular weight is 194 g/mol. The van der Waals surface area contributed by atoms with Crippen LogP contribution in [0.15, 0.2) is 18.2 Å². The molecule has 0 aromatic heterocycles. The topological polar surface area (TPSA) is 77.8 Å². The van der Waals surface area contributed by atoms with Gasteiger partial charge in [0.05, 0.1) is 5.92 Å². The van der Waals surface area contributed by atoms with E-state index in [4.69, 9.17) is 10.2 Å². The predicted octanol–water partition coefficient (Wildman–Crippen LogP) is 1.29. The summed E-state index contributed by atoms with van der Waals surface area (Å²) >= 11 is 0. The first-order valence-corrected chi connectivity index (χ1v) is 4.34. The third-order valence-electron chi connectivity index (χ3n) is 2.52. The van der Waals surface area contributed by atoms with Crippen molar-refractivity contribution in [3.8, 4) is 11.5 Å². The van der Waals surface area contributed by atoms with E-state index in [1.165, 1.54) is 12.1 Å². The van der Waals surface area contributed by atoms with Crippen molar-refractivity contribution in [3.63, 3.8) is 0 Å². The highest BCUT2D eigenvalue weighted by atomic mass is 16.4. The highest BCUT2D eigenvalue weighted by molar-refractivity contribution is 5.75. The molecule has 4 nitrogen and oxygen atoms in total. The molecule has 0 amide bonds. The molecule has 1 aromatic rings. The first-order chi connectivity index (χ1) is 6.59. The van der Waals surface area contributed by atoms with Gasteiger partial charge in [-0.1, -0.05) is 6.07 Å². The van der Waals surface area contributed by atoms with Gasteiger partial charge in [0.15, 0.2) is 0 Å². The van der Waals surface area contributed by atoms with Crippen molar-refractivity contribution in [2.24, 2.45) is 5.92 Å². The number of rotatable bonds is 2. The third-order valence-corrected chi connectivity index (χ3v) is 2.52. The van der Waals surface area contributed by atoms with E-state index in [0.29, 0.717) is 12.0 Å². The second-order valence-electron chi connectivity index (χ2n) is 3.53. The van der Waals surface area contributed by atoms with Crippen molar-refractivity contribution in [2.45, 2.75) is 12.3 Å². The molecule has 1 aliphatic carbocycles. The van der Waals surface area contributed by atoms with Crippen molar-refractivity contribution in [2.75, 3.05) is 0 Å². The fourth-order valence-electron chi connectivity index (χ4n) is 1.66. The molecular formula is C10H10O4. The van der Waals surface area contributed by atoms with E-state index in [0.717, 1.165) is 0 Å². The Bertz CT molecular complexity index is 386. The van der Waals surface area contributed by atoms with Crippen molar-refractivity contribution < 1.29 is 20.1 Å². The number of aliphatic carboxylic acids is 1. The zero-order valence-corrected chi connectivity index (χ0v) is 7.34. The Labute approximate surface area is 80.4 Å². The predicted molar refractivity (Wildman–Crippen MR) is 48.3 cm³/mol. The van der Waals surface area contributed by atoms with Gasteiger partial charge in [-0.3, -0.25) is 4.79 Å². The van der Waals surface area contributed by atoms with E-state index >= 15 is 0 Å². The summed E-state index contributed by atoms with van der Waals surface area (Å²) in [4.78, 5) is 10.6. The van der Waals surface area contributed by atoms with E-state index in [9.17, 15) is 9.90 Å². The van der Waals surface area contributed by atoms with Crippen LogP contribution in [0.4, 0.5) is 0 Å². The number of hydrogen-bond acceptors (Lipinski definition) is 3. The lowest BCUT2D eigenvalue weighted by atomic mass is 10.1. The molecule has 74 valence electrons. The Morgan fingerprint density at radius 3 is 2.57 bits per heavy atom. The van der Waals surface area contributed by atoms with Gasteiger partial charge in [-0.15, -0.1) is 0 Å². The number of carboxylic acid groups (broad SMARTS) is 1.